The first-order valence-corrected chi connectivity index (χ1v) is 5.50. The Balaban J connectivity index is 2.19. The van der Waals surface area contributed by atoms with Gasteiger partial charge in [0.05, 0.1) is 4.88 Å². The van der Waals surface area contributed by atoms with Gasteiger partial charge in [-0.05, 0) is 29.1 Å². The van der Waals surface area contributed by atoms with Crippen molar-refractivity contribution < 1.29 is 4.42 Å². The van der Waals surface area contributed by atoms with Crippen molar-refractivity contribution in [1.82, 2.24) is 10.2 Å². The third kappa shape index (κ3) is 1.52. The van der Waals surface area contributed by atoms with E-state index in [1.807, 2.05) is 24.3 Å². The Labute approximate surface area is 94.3 Å². The predicted octanol–water partition coefficient (Wildman–Crippen LogP) is 3.60. The van der Waals surface area contributed by atoms with Crippen LogP contribution in [0.2, 0.25) is 5.35 Å². The maximum Gasteiger partial charge on any atom is 0.313 e. The molecule has 0 bridgehead atoms. The van der Waals surface area contributed by atoms with Gasteiger partial charge in [-0.3, -0.25) is 0 Å². The van der Waals surface area contributed by atoms with Gasteiger partial charge in [0, 0.05) is 4.70 Å². The molecule has 0 saturated heterocycles. The summed E-state index contributed by atoms with van der Waals surface area (Å²) in [6.45, 7) is 0. The lowest BCUT2D eigenvalue weighted by Gasteiger charge is -1.82. The number of nitrogens with zero attached hydrogens (tertiary/aromatic N) is 2. The van der Waals surface area contributed by atoms with Crippen molar-refractivity contribution in [3.8, 4) is 10.8 Å². The van der Waals surface area contributed by atoms with E-state index in [0.717, 1.165) is 4.88 Å². The number of aromatic nitrogens is 2. The van der Waals surface area contributed by atoms with Gasteiger partial charge in [-0.15, -0.1) is 16.4 Å². The van der Waals surface area contributed by atoms with Gasteiger partial charge in [-0.2, -0.15) is 0 Å². The van der Waals surface area contributed by atoms with Crippen LogP contribution in [0.3, 0.4) is 0 Å². The van der Waals surface area contributed by atoms with E-state index in [1.54, 1.807) is 11.3 Å². The van der Waals surface area contributed by atoms with Crippen LogP contribution in [0.25, 0.3) is 20.9 Å². The summed E-state index contributed by atoms with van der Waals surface area (Å²) in [6.07, 6.45) is 0. The van der Waals surface area contributed by atoms with Crippen molar-refractivity contribution in [3.05, 3.63) is 35.7 Å². The molecule has 3 aromatic rings. The molecule has 5 heteroatoms. The first kappa shape index (κ1) is 8.88. The van der Waals surface area contributed by atoms with Gasteiger partial charge in [-0.1, -0.05) is 23.3 Å². The SMILES string of the molecule is Clc1nnc(-c2cc3ccccc3s2)o1. The standard InChI is InChI=1S/C10H5ClN2OS/c11-10-13-12-9(14-10)8-5-6-3-1-2-4-7(6)15-8/h1-5H. The topological polar surface area (TPSA) is 38.9 Å². The van der Waals surface area contributed by atoms with E-state index in [2.05, 4.69) is 16.3 Å². The second-order valence-electron chi connectivity index (χ2n) is 3.01. The number of rotatable bonds is 1. The van der Waals surface area contributed by atoms with Crippen LogP contribution in [0, 0.1) is 0 Å². The van der Waals surface area contributed by atoms with Crippen molar-refractivity contribution in [2.24, 2.45) is 0 Å². The molecule has 1 aromatic carbocycles. The zero-order chi connectivity index (χ0) is 10.3. The van der Waals surface area contributed by atoms with Gasteiger partial charge in [0.25, 0.3) is 5.89 Å². The quantitative estimate of drug-likeness (QED) is 0.648. The molecule has 2 heterocycles. The molecule has 0 amide bonds. The average Bonchev–Trinajstić information content (AvgIpc) is 2.82. The molecule has 0 aliphatic heterocycles. The normalized spacial score (nSPS) is 11.0. The van der Waals surface area contributed by atoms with Gasteiger partial charge in [0.2, 0.25) is 0 Å². The molecule has 3 rings (SSSR count). The monoisotopic (exact) mass is 236 g/mol. The average molecular weight is 237 g/mol. The molecule has 0 unspecified atom stereocenters. The minimum atomic E-state index is 0.0717. The lowest BCUT2D eigenvalue weighted by Crippen LogP contribution is -1.69. The molecule has 0 aliphatic rings. The van der Waals surface area contributed by atoms with Gasteiger partial charge >= 0.3 is 5.35 Å². The molecule has 0 atom stereocenters. The fourth-order valence-electron chi connectivity index (χ4n) is 1.39. The van der Waals surface area contributed by atoms with Crippen molar-refractivity contribution in [1.29, 1.82) is 0 Å². The van der Waals surface area contributed by atoms with E-state index in [0.29, 0.717) is 5.89 Å². The van der Waals surface area contributed by atoms with Gasteiger partial charge in [-0.25, -0.2) is 0 Å². The lowest BCUT2D eigenvalue weighted by molar-refractivity contribution is 0.572. The number of hydrogen-bond acceptors (Lipinski definition) is 4. The summed E-state index contributed by atoms with van der Waals surface area (Å²) < 4.78 is 6.35. The van der Waals surface area contributed by atoms with Crippen LogP contribution in [0.5, 0.6) is 0 Å². The van der Waals surface area contributed by atoms with Crippen LogP contribution in [-0.2, 0) is 0 Å². The third-order valence-electron chi connectivity index (χ3n) is 2.04. The van der Waals surface area contributed by atoms with Crippen LogP contribution < -0.4 is 0 Å². The second-order valence-corrected chi connectivity index (χ2v) is 4.42. The highest BCUT2D eigenvalue weighted by molar-refractivity contribution is 7.22. The largest absolute Gasteiger partial charge is 0.407 e. The fraction of sp³-hybridized carbons (Fsp3) is 0. The molecule has 0 radical (unpaired) electrons. The summed E-state index contributed by atoms with van der Waals surface area (Å²) in [5.74, 6) is 0.473. The molecule has 3 nitrogen and oxygen atoms in total. The molecule has 0 spiro atoms. The van der Waals surface area contributed by atoms with E-state index in [-0.39, 0.29) is 5.35 Å². The number of hydrogen-bond donors (Lipinski definition) is 0. The predicted molar refractivity (Wildman–Crippen MR) is 60.1 cm³/mol. The maximum absolute atomic E-state index is 5.57. The van der Waals surface area contributed by atoms with Crippen molar-refractivity contribution in [3.63, 3.8) is 0 Å². The fourth-order valence-corrected chi connectivity index (χ4v) is 2.49. The van der Waals surface area contributed by atoms with Crippen molar-refractivity contribution in [2.45, 2.75) is 0 Å². The van der Waals surface area contributed by atoms with E-state index in [9.17, 15) is 0 Å². The molecule has 0 saturated carbocycles. The summed E-state index contributed by atoms with van der Waals surface area (Å²) in [7, 11) is 0. The van der Waals surface area contributed by atoms with Crippen LogP contribution in [0.1, 0.15) is 0 Å². The lowest BCUT2D eigenvalue weighted by atomic mass is 10.2. The van der Waals surface area contributed by atoms with E-state index in [4.69, 9.17) is 16.0 Å². The number of benzene rings is 1. The van der Waals surface area contributed by atoms with Gasteiger partial charge < -0.3 is 4.42 Å². The Hall–Kier alpha value is -1.39. The zero-order valence-electron chi connectivity index (χ0n) is 7.48. The van der Waals surface area contributed by atoms with E-state index < -0.39 is 0 Å². The molecular weight excluding hydrogens is 232 g/mol. The van der Waals surface area contributed by atoms with E-state index >= 15 is 0 Å². The van der Waals surface area contributed by atoms with E-state index in [1.165, 1.54) is 10.1 Å². The van der Waals surface area contributed by atoms with Crippen LogP contribution in [0.4, 0.5) is 0 Å². The summed E-state index contributed by atoms with van der Waals surface area (Å²) in [5, 5.41) is 8.71. The Morgan fingerprint density at radius 2 is 2.07 bits per heavy atom. The highest BCUT2D eigenvalue weighted by atomic mass is 35.5. The Bertz CT molecular complexity index is 583. The molecule has 0 aliphatic carbocycles. The number of halogens is 1. The minimum Gasteiger partial charge on any atom is -0.407 e. The first-order valence-electron chi connectivity index (χ1n) is 4.31. The van der Waals surface area contributed by atoms with Gasteiger partial charge in [0.1, 0.15) is 0 Å². The first-order chi connectivity index (χ1) is 7.33. The molecule has 0 N–H and O–H groups in total. The zero-order valence-corrected chi connectivity index (χ0v) is 9.05. The smallest absolute Gasteiger partial charge is 0.313 e. The van der Waals surface area contributed by atoms with Crippen molar-refractivity contribution >= 4 is 33.0 Å². The Morgan fingerprint density at radius 3 is 2.80 bits per heavy atom. The molecular formula is C10H5ClN2OS. The molecule has 2 aromatic heterocycles. The molecule has 15 heavy (non-hydrogen) atoms. The summed E-state index contributed by atoms with van der Waals surface area (Å²) in [4.78, 5) is 0.940. The highest BCUT2D eigenvalue weighted by Gasteiger charge is 2.10. The number of thiophene rings is 1. The maximum atomic E-state index is 5.57. The summed E-state index contributed by atoms with van der Waals surface area (Å²) in [6, 6.07) is 10.1. The summed E-state index contributed by atoms with van der Waals surface area (Å²) in [5.41, 5.74) is 0. The van der Waals surface area contributed by atoms with Crippen LogP contribution >= 0.6 is 22.9 Å². The third-order valence-corrected chi connectivity index (χ3v) is 3.29. The second kappa shape index (κ2) is 3.32. The van der Waals surface area contributed by atoms with Gasteiger partial charge in [0.15, 0.2) is 0 Å². The Morgan fingerprint density at radius 1 is 1.20 bits per heavy atom. The molecule has 74 valence electrons. The van der Waals surface area contributed by atoms with Crippen LogP contribution in [-0.4, -0.2) is 10.2 Å². The van der Waals surface area contributed by atoms with Crippen LogP contribution in [0.15, 0.2) is 34.7 Å². The summed E-state index contributed by atoms with van der Waals surface area (Å²) >= 11 is 7.18. The van der Waals surface area contributed by atoms with Crippen molar-refractivity contribution in [2.75, 3.05) is 0 Å². The Kier molecular flexibility index (Phi) is 1.97. The number of fused-ring (bicyclic) bond motifs is 1. The molecule has 0 fully saturated rings. The minimum absolute atomic E-state index is 0.0717. The highest BCUT2D eigenvalue weighted by Crippen LogP contribution is 2.32.